The molecular formula is C31H25NO6. The molecule has 3 aromatic carbocycles. The van der Waals surface area contributed by atoms with Gasteiger partial charge in [0.2, 0.25) is 5.60 Å². The summed E-state index contributed by atoms with van der Waals surface area (Å²) in [6, 6.07) is 16.0. The summed E-state index contributed by atoms with van der Waals surface area (Å²) in [7, 11) is 0. The number of benzene rings is 3. The van der Waals surface area contributed by atoms with Crippen LogP contribution in [0.15, 0.2) is 64.2 Å². The maximum absolute atomic E-state index is 14.0. The normalized spacial score (nSPS) is 21.1. The van der Waals surface area contributed by atoms with E-state index in [-0.39, 0.29) is 33.9 Å². The second-order valence-electron chi connectivity index (χ2n) is 11.6. The summed E-state index contributed by atoms with van der Waals surface area (Å²) in [5.41, 5.74) is 0.419. The van der Waals surface area contributed by atoms with Gasteiger partial charge in [0.1, 0.15) is 5.52 Å². The maximum atomic E-state index is 14.0. The van der Waals surface area contributed by atoms with Crippen LogP contribution in [-0.2, 0) is 19.7 Å². The van der Waals surface area contributed by atoms with Crippen molar-refractivity contribution in [2.45, 2.75) is 51.0 Å². The molecule has 38 heavy (non-hydrogen) atoms. The second-order valence-corrected chi connectivity index (χ2v) is 11.6. The van der Waals surface area contributed by atoms with E-state index in [2.05, 4.69) is 0 Å². The molecule has 5 aromatic rings. The molecule has 2 fully saturated rings. The number of carbonyl (C=O) groups is 2. The molecule has 7 heteroatoms. The minimum Gasteiger partial charge on any atom is -0.447 e. The SMILES string of the molecule is CC(C)(C)c1cc2c(=O)c3ccccc3n3c4c(OC(=O)[C@]56CC[C@H](C5)C(=O)O6)cccc4c(=O)c(c1)c23. The molecule has 0 amide bonds. The Morgan fingerprint density at radius 1 is 0.921 bits per heavy atom. The molecule has 1 aliphatic heterocycles. The largest absolute Gasteiger partial charge is 0.447 e. The van der Waals surface area contributed by atoms with Crippen molar-refractivity contribution in [1.82, 2.24) is 4.40 Å². The lowest BCUT2D eigenvalue weighted by Gasteiger charge is -2.25. The number of rotatable bonds is 2. The van der Waals surface area contributed by atoms with Crippen molar-refractivity contribution in [2.24, 2.45) is 5.92 Å². The van der Waals surface area contributed by atoms with E-state index < -0.39 is 11.6 Å². The number of aromatic nitrogens is 1. The van der Waals surface area contributed by atoms with Crippen LogP contribution in [0.5, 0.6) is 5.75 Å². The molecule has 1 saturated carbocycles. The molecule has 0 spiro atoms. The highest BCUT2D eigenvalue weighted by atomic mass is 16.6. The predicted octanol–water partition coefficient (Wildman–Crippen LogP) is 4.86. The fourth-order valence-corrected chi connectivity index (χ4v) is 6.18. The molecule has 7 nitrogen and oxygen atoms in total. The third-order valence-corrected chi connectivity index (χ3v) is 8.22. The number of hydrogen-bond donors (Lipinski definition) is 0. The van der Waals surface area contributed by atoms with Gasteiger partial charge in [-0.2, -0.15) is 0 Å². The molecule has 0 radical (unpaired) electrons. The van der Waals surface area contributed by atoms with Gasteiger partial charge in [0.15, 0.2) is 16.6 Å². The predicted molar refractivity (Wildman–Crippen MR) is 144 cm³/mol. The lowest BCUT2D eigenvalue weighted by molar-refractivity contribution is -0.171. The highest BCUT2D eigenvalue weighted by Gasteiger charge is 2.58. The van der Waals surface area contributed by atoms with Gasteiger partial charge >= 0.3 is 11.9 Å². The minimum absolute atomic E-state index is 0.154. The van der Waals surface area contributed by atoms with Gasteiger partial charge in [-0.3, -0.25) is 14.4 Å². The van der Waals surface area contributed by atoms with Crippen molar-refractivity contribution in [3.05, 3.63) is 80.6 Å². The van der Waals surface area contributed by atoms with Crippen LogP contribution in [0.3, 0.4) is 0 Å². The summed E-state index contributed by atoms with van der Waals surface area (Å²) in [6.45, 7) is 6.13. The average Bonchev–Trinajstić information content (AvgIpc) is 3.47. The Balaban J connectivity index is 1.60. The Labute approximate surface area is 216 Å². The Morgan fingerprint density at radius 3 is 2.26 bits per heavy atom. The third kappa shape index (κ3) is 2.96. The van der Waals surface area contributed by atoms with Crippen molar-refractivity contribution in [1.29, 1.82) is 0 Å². The molecule has 3 heterocycles. The number of hydrogen-bond acceptors (Lipinski definition) is 6. The van der Waals surface area contributed by atoms with E-state index in [1.54, 1.807) is 24.3 Å². The van der Waals surface area contributed by atoms with E-state index in [1.165, 1.54) is 0 Å². The average molecular weight is 508 g/mol. The van der Waals surface area contributed by atoms with E-state index in [4.69, 9.17) is 9.47 Å². The zero-order valence-electron chi connectivity index (χ0n) is 21.3. The van der Waals surface area contributed by atoms with Crippen LogP contribution in [0.2, 0.25) is 0 Å². The van der Waals surface area contributed by atoms with Gasteiger partial charge in [0.25, 0.3) is 0 Å². The summed E-state index contributed by atoms with van der Waals surface area (Å²) in [4.78, 5) is 53.2. The molecule has 190 valence electrons. The summed E-state index contributed by atoms with van der Waals surface area (Å²) in [5, 5.41) is 1.75. The monoisotopic (exact) mass is 507 g/mol. The smallest absolute Gasteiger partial charge is 0.356 e. The Hall–Kier alpha value is -4.26. The van der Waals surface area contributed by atoms with E-state index >= 15 is 0 Å². The van der Waals surface area contributed by atoms with Crippen LogP contribution in [0.4, 0.5) is 0 Å². The van der Waals surface area contributed by atoms with Gasteiger partial charge in [-0.15, -0.1) is 0 Å². The number of carbonyl (C=O) groups excluding carboxylic acids is 2. The van der Waals surface area contributed by atoms with Gasteiger partial charge in [0.05, 0.1) is 22.3 Å². The molecule has 2 aliphatic rings. The first-order valence-electron chi connectivity index (χ1n) is 12.8. The Morgan fingerprint density at radius 2 is 1.61 bits per heavy atom. The van der Waals surface area contributed by atoms with Crippen molar-refractivity contribution < 1.29 is 19.1 Å². The van der Waals surface area contributed by atoms with Crippen LogP contribution in [0.1, 0.15) is 45.6 Å². The van der Waals surface area contributed by atoms with E-state index in [0.717, 1.165) is 5.56 Å². The van der Waals surface area contributed by atoms with Gasteiger partial charge in [-0.05, 0) is 60.2 Å². The van der Waals surface area contributed by atoms with Crippen LogP contribution in [-0.4, -0.2) is 21.9 Å². The van der Waals surface area contributed by atoms with Crippen LogP contribution >= 0.6 is 0 Å². The minimum atomic E-state index is -1.29. The Bertz CT molecular complexity index is 1960. The van der Waals surface area contributed by atoms with Crippen LogP contribution in [0, 0.1) is 5.92 Å². The summed E-state index contributed by atoms with van der Waals surface area (Å²) < 4.78 is 13.3. The van der Waals surface area contributed by atoms with Crippen LogP contribution in [0.25, 0.3) is 38.1 Å². The molecule has 2 atom stereocenters. The molecule has 2 bridgehead atoms. The number of ether oxygens (including phenoxy) is 2. The van der Waals surface area contributed by atoms with E-state index in [9.17, 15) is 19.2 Å². The topological polar surface area (TPSA) is 91.2 Å². The van der Waals surface area contributed by atoms with Gasteiger partial charge in [-0.1, -0.05) is 39.0 Å². The third-order valence-electron chi connectivity index (χ3n) is 8.22. The molecule has 0 N–H and O–H groups in total. The quantitative estimate of drug-likeness (QED) is 0.147. The summed E-state index contributed by atoms with van der Waals surface area (Å²) in [5.74, 6) is -1.10. The van der Waals surface area contributed by atoms with E-state index in [0.29, 0.717) is 57.4 Å². The number of para-hydroxylation sites is 2. The fraction of sp³-hybridized carbons (Fsp3) is 0.290. The van der Waals surface area contributed by atoms with Gasteiger partial charge in [-0.25, -0.2) is 4.79 Å². The van der Waals surface area contributed by atoms with E-state index in [1.807, 2.05) is 55.5 Å². The van der Waals surface area contributed by atoms with Crippen molar-refractivity contribution >= 4 is 50.0 Å². The molecule has 0 unspecified atom stereocenters. The summed E-state index contributed by atoms with van der Waals surface area (Å²) in [6.07, 6.45) is 1.32. The van der Waals surface area contributed by atoms with Crippen molar-refractivity contribution in [3.8, 4) is 5.75 Å². The lowest BCUT2D eigenvalue weighted by Crippen LogP contribution is -2.41. The first-order valence-corrected chi connectivity index (χ1v) is 12.8. The first kappa shape index (κ1) is 22.9. The number of esters is 2. The zero-order chi connectivity index (χ0) is 26.6. The molecular weight excluding hydrogens is 482 g/mol. The lowest BCUT2D eigenvalue weighted by atomic mass is 9.85. The maximum Gasteiger partial charge on any atom is 0.356 e. The number of nitrogens with zero attached hydrogens (tertiary/aromatic N) is 1. The Kier molecular flexibility index (Phi) is 4.46. The second kappa shape index (κ2) is 7.40. The first-order chi connectivity index (χ1) is 18.1. The number of pyridine rings is 2. The van der Waals surface area contributed by atoms with Gasteiger partial charge < -0.3 is 13.9 Å². The van der Waals surface area contributed by atoms with Gasteiger partial charge in [0, 0.05) is 22.6 Å². The standard InChI is InChI=1S/C31H25NO6/c1-30(2,3)17-13-20-24-21(14-17)27(34)19-8-6-10-23(37-29(36)31-12-11-16(15-31)28(35)38-31)25(19)32(24)22-9-5-4-7-18(22)26(20)33/h4-10,13-14,16H,11-12,15H2,1-3H3/t16-,31+/m1/s1. The molecule has 2 aromatic heterocycles. The molecule has 1 aliphatic carbocycles. The fourth-order valence-electron chi connectivity index (χ4n) is 6.18. The van der Waals surface area contributed by atoms with Crippen LogP contribution < -0.4 is 15.6 Å². The molecule has 7 rings (SSSR count). The van der Waals surface area contributed by atoms with Crippen molar-refractivity contribution in [3.63, 3.8) is 0 Å². The highest BCUT2D eigenvalue weighted by Crippen LogP contribution is 2.46. The summed E-state index contributed by atoms with van der Waals surface area (Å²) >= 11 is 0. The van der Waals surface area contributed by atoms with Crippen molar-refractivity contribution in [2.75, 3.05) is 0 Å². The number of fused-ring (bicyclic) bond motifs is 6. The zero-order valence-corrected chi connectivity index (χ0v) is 21.3. The highest BCUT2D eigenvalue weighted by molar-refractivity contribution is 6.09. The molecule has 1 saturated heterocycles.